The summed E-state index contributed by atoms with van der Waals surface area (Å²) in [5.74, 6) is -1.05. The average molecular weight is 438 g/mol. The van der Waals surface area contributed by atoms with E-state index in [0.29, 0.717) is 38.2 Å². The van der Waals surface area contributed by atoms with Crippen molar-refractivity contribution in [1.29, 1.82) is 0 Å². The molecule has 0 saturated heterocycles. The van der Waals surface area contributed by atoms with Crippen molar-refractivity contribution < 1.29 is 14.4 Å². The molecule has 0 radical (unpaired) electrons. The highest BCUT2D eigenvalue weighted by atomic mass is 35.5. The Kier molecular flexibility index (Phi) is 4.92. The Morgan fingerprint density at radius 1 is 0.750 bits per heavy atom. The first-order valence-electron chi connectivity index (χ1n) is 10.0. The van der Waals surface area contributed by atoms with E-state index in [4.69, 9.17) is 11.6 Å². The summed E-state index contributed by atoms with van der Waals surface area (Å²) in [4.78, 5) is 40.7. The van der Waals surface area contributed by atoms with E-state index in [9.17, 15) is 14.4 Å². The molecular formula is C27H16ClNO3. The van der Waals surface area contributed by atoms with Crippen LogP contribution < -0.4 is 4.90 Å². The minimum absolute atomic E-state index is 0.237. The first-order valence-corrected chi connectivity index (χ1v) is 10.4. The number of allylic oxidation sites excluding steroid dienone is 1. The molecule has 1 aliphatic rings. The lowest BCUT2D eigenvalue weighted by atomic mass is 9.89. The molecular weight excluding hydrogens is 422 g/mol. The SMILES string of the molecule is O=C(C=Cc1ccccc1Cl)c1ccc2c3c(cccc13)C(=O)N(c1ccccc1)C2=O. The monoisotopic (exact) mass is 437 g/mol. The van der Waals surface area contributed by atoms with E-state index in [1.165, 1.54) is 11.0 Å². The number of amides is 2. The summed E-state index contributed by atoms with van der Waals surface area (Å²) in [6, 6.07) is 24.5. The van der Waals surface area contributed by atoms with Crippen molar-refractivity contribution >= 4 is 51.7 Å². The van der Waals surface area contributed by atoms with Gasteiger partial charge in [0.05, 0.1) is 5.69 Å². The summed E-state index contributed by atoms with van der Waals surface area (Å²) in [5, 5.41) is 1.63. The molecule has 1 aliphatic heterocycles. The number of rotatable bonds is 4. The molecule has 4 nitrogen and oxygen atoms in total. The predicted molar refractivity (Wildman–Crippen MR) is 126 cm³/mol. The number of anilines is 1. The van der Waals surface area contributed by atoms with Crippen LogP contribution in [-0.4, -0.2) is 17.6 Å². The van der Waals surface area contributed by atoms with Gasteiger partial charge >= 0.3 is 0 Å². The van der Waals surface area contributed by atoms with Crippen LogP contribution in [0.4, 0.5) is 5.69 Å². The van der Waals surface area contributed by atoms with Gasteiger partial charge in [-0.1, -0.05) is 60.1 Å². The summed E-state index contributed by atoms with van der Waals surface area (Å²) in [6.45, 7) is 0. The third kappa shape index (κ3) is 3.22. The zero-order valence-electron chi connectivity index (χ0n) is 16.8. The molecule has 0 N–H and O–H groups in total. The first-order chi connectivity index (χ1) is 15.6. The highest BCUT2D eigenvalue weighted by Gasteiger charge is 2.34. The third-order valence-corrected chi connectivity index (χ3v) is 5.85. The van der Waals surface area contributed by atoms with Crippen LogP contribution in [0.1, 0.15) is 36.6 Å². The highest BCUT2D eigenvalue weighted by Crippen LogP contribution is 2.34. The molecule has 5 rings (SSSR count). The number of nitrogens with zero attached hydrogens (tertiary/aromatic N) is 1. The van der Waals surface area contributed by atoms with Crippen molar-refractivity contribution in [2.45, 2.75) is 0 Å². The predicted octanol–water partition coefficient (Wildman–Crippen LogP) is 6.19. The molecule has 0 bridgehead atoms. The lowest BCUT2D eigenvalue weighted by molar-refractivity contribution is 0.0892. The number of carbonyl (C=O) groups is 3. The van der Waals surface area contributed by atoms with Crippen LogP contribution in [0.3, 0.4) is 0 Å². The molecule has 0 spiro atoms. The molecule has 4 aromatic rings. The van der Waals surface area contributed by atoms with Gasteiger partial charge in [-0.2, -0.15) is 0 Å². The molecule has 32 heavy (non-hydrogen) atoms. The normalized spacial score (nSPS) is 13.2. The van der Waals surface area contributed by atoms with Crippen molar-refractivity contribution in [3.8, 4) is 0 Å². The van der Waals surface area contributed by atoms with Crippen LogP contribution in [0.5, 0.6) is 0 Å². The molecule has 5 heteroatoms. The molecule has 0 unspecified atom stereocenters. The number of hydrogen-bond donors (Lipinski definition) is 0. The number of carbonyl (C=O) groups excluding carboxylic acids is 3. The lowest BCUT2D eigenvalue weighted by Crippen LogP contribution is -2.40. The Hall–Kier alpha value is -4.02. The van der Waals surface area contributed by atoms with Crippen LogP contribution in [0.2, 0.25) is 5.02 Å². The molecule has 1 heterocycles. The van der Waals surface area contributed by atoms with Gasteiger partial charge in [0.1, 0.15) is 0 Å². The summed E-state index contributed by atoms with van der Waals surface area (Å²) < 4.78 is 0. The van der Waals surface area contributed by atoms with Gasteiger partial charge in [-0.25, -0.2) is 4.90 Å². The molecule has 0 saturated carbocycles. The summed E-state index contributed by atoms with van der Waals surface area (Å²) >= 11 is 6.17. The Labute approximate surface area is 189 Å². The van der Waals surface area contributed by atoms with Crippen LogP contribution in [0.15, 0.2) is 91.0 Å². The maximum absolute atomic E-state index is 13.2. The third-order valence-electron chi connectivity index (χ3n) is 5.51. The fraction of sp³-hybridized carbons (Fsp3) is 0. The molecule has 4 aromatic carbocycles. The first kappa shape index (κ1) is 19.9. The molecule has 0 atom stereocenters. The van der Waals surface area contributed by atoms with Gasteiger partial charge in [0.25, 0.3) is 11.8 Å². The van der Waals surface area contributed by atoms with Crippen LogP contribution in [0.25, 0.3) is 16.8 Å². The van der Waals surface area contributed by atoms with Crippen LogP contribution in [0, 0.1) is 0 Å². The molecule has 2 amide bonds. The number of para-hydroxylation sites is 1. The van der Waals surface area contributed by atoms with E-state index in [0.717, 1.165) is 5.56 Å². The summed E-state index contributed by atoms with van der Waals surface area (Å²) in [7, 11) is 0. The minimum atomic E-state index is -0.407. The Morgan fingerprint density at radius 2 is 1.44 bits per heavy atom. The zero-order chi connectivity index (χ0) is 22.2. The second kappa shape index (κ2) is 7.91. The van der Waals surface area contributed by atoms with Gasteiger partial charge in [-0.05, 0) is 59.5 Å². The maximum Gasteiger partial charge on any atom is 0.265 e. The second-order valence-electron chi connectivity index (χ2n) is 7.39. The summed E-state index contributed by atoms with van der Waals surface area (Å²) in [5.41, 5.74) is 2.45. The maximum atomic E-state index is 13.2. The van der Waals surface area contributed by atoms with Crippen molar-refractivity contribution in [2.75, 3.05) is 4.90 Å². The quantitative estimate of drug-likeness (QED) is 0.217. The van der Waals surface area contributed by atoms with Gasteiger partial charge in [0.15, 0.2) is 5.78 Å². The minimum Gasteiger partial charge on any atom is -0.289 e. The fourth-order valence-corrected chi connectivity index (χ4v) is 4.19. The number of imide groups is 1. The Balaban J connectivity index is 1.61. The van der Waals surface area contributed by atoms with Crippen molar-refractivity contribution in [2.24, 2.45) is 0 Å². The molecule has 0 aliphatic carbocycles. The van der Waals surface area contributed by atoms with Gasteiger partial charge in [0, 0.05) is 27.1 Å². The van der Waals surface area contributed by atoms with E-state index in [1.54, 1.807) is 66.7 Å². The van der Waals surface area contributed by atoms with E-state index < -0.39 is 11.8 Å². The van der Waals surface area contributed by atoms with Crippen molar-refractivity contribution in [3.05, 3.63) is 118 Å². The molecule has 154 valence electrons. The van der Waals surface area contributed by atoms with Gasteiger partial charge in [-0.15, -0.1) is 0 Å². The van der Waals surface area contributed by atoms with E-state index in [2.05, 4.69) is 0 Å². The Bertz CT molecular complexity index is 1420. The summed E-state index contributed by atoms with van der Waals surface area (Å²) in [6.07, 6.45) is 3.11. The van der Waals surface area contributed by atoms with Crippen LogP contribution >= 0.6 is 11.6 Å². The Morgan fingerprint density at radius 3 is 2.19 bits per heavy atom. The molecule has 0 fully saturated rings. The number of benzene rings is 4. The van der Waals surface area contributed by atoms with Crippen molar-refractivity contribution in [3.63, 3.8) is 0 Å². The second-order valence-corrected chi connectivity index (χ2v) is 7.80. The van der Waals surface area contributed by atoms with E-state index in [-0.39, 0.29) is 5.78 Å². The zero-order valence-corrected chi connectivity index (χ0v) is 17.5. The standard InChI is InChI=1S/C27H16ClNO3/c28-23-12-5-4-7-17(23)13-16-24(30)19-14-15-22-25-20(19)10-6-11-21(25)26(31)29(27(22)32)18-8-2-1-3-9-18/h1-16H. The fourth-order valence-electron chi connectivity index (χ4n) is 3.99. The van der Waals surface area contributed by atoms with Gasteiger partial charge in [-0.3, -0.25) is 14.4 Å². The number of hydrogen-bond acceptors (Lipinski definition) is 3. The topological polar surface area (TPSA) is 54.5 Å². The van der Waals surface area contributed by atoms with E-state index in [1.807, 2.05) is 24.3 Å². The van der Waals surface area contributed by atoms with E-state index >= 15 is 0 Å². The largest absolute Gasteiger partial charge is 0.289 e. The van der Waals surface area contributed by atoms with Crippen molar-refractivity contribution in [1.82, 2.24) is 0 Å². The van der Waals surface area contributed by atoms with Crippen LogP contribution in [-0.2, 0) is 0 Å². The number of halogens is 1. The highest BCUT2D eigenvalue weighted by molar-refractivity contribution is 6.37. The smallest absolute Gasteiger partial charge is 0.265 e. The number of ketones is 1. The average Bonchev–Trinajstić information content (AvgIpc) is 2.82. The van der Waals surface area contributed by atoms with Gasteiger partial charge < -0.3 is 0 Å². The molecule has 0 aromatic heterocycles. The lowest BCUT2D eigenvalue weighted by Gasteiger charge is -2.27. The van der Waals surface area contributed by atoms with Gasteiger partial charge in [0.2, 0.25) is 0 Å².